The first-order valence-corrected chi connectivity index (χ1v) is 8.10. The molecule has 1 fully saturated rings. The van der Waals surface area contributed by atoms with Crippen molar-refractivity contribution in [2.75, 3.05) is 19.6 Å². The fraction of sp³-hybridized carbons (Fsp3) is 0.471. The molecule has 6 heteroatoms. The number of rotatable bonds is 4. The topological polar surface area (TPSA) is 84.1 Å². The van der Waals surface area contributed by atoms with Crippen molar-refractivity contribution in [3.63, 3.8) is 0 Å². The third kappa shape index (κ3) is 3.96. The summed E-state index contributed by atoms with van der Waals surface area (Å²) in [5.41, 5.74) is 7.18. The Hall–Kier alpha value is -2.21. The molecule has 0 radical (unpaired) electrons. The second-order valence-electron chi connectivity index (χ2n) is 6.23. The minimum atomic E-state index is -0.449. The number of primary amides is 1. The van der Waals surface area contributed by atoms with Gasteiger partial charge in [-0.15, -0.1) is 0 Å². The number of fused-ring (bicyclic) bond motifs is 1. The number of para-hydroxylation sites is 1. The molecule has 3 N–H and O–H groups in total. The average molecular weight is 313 g/mol. The van der Waals surface area contributed by atoms with Gasteiger partial charge in [0.2, 0.25) is 0 Å². The van der Waals surface area contributed by atoms with Gasteiger partial charge >= 0.3 is 6.03 Å². The first kappa shape index (κ1) is 15.7. The highest BCUT2D eigenvalue weighted by atomic mass is 16.2. The Morgan fingerprint density at radius 2 is 2.22 bits per heavy atom. The number of aromatic nitrogens is 2. The number of likely N-dealkylation sites (tertiary alicyclic amines) is 1. The summed E-state index contributed by atoms with van der Waals surface area (Å²) in [5.74, 6) is 1.31. The number of hydrogen-bond donors (Lipinski definition) is 2. The molecule has 122 valence electrons. The summed E-state index contributed by atoms with van der Waals surface area (Å²) in [6.45, 7) is 5.41. The van der Waals surface area contributed by atoms with Crippen LogP contribution in [0.2, 0.25) is 0 Å². The Morgan fingerprint density at radius 3 is 3.04 bits per heavy atom. The number of nitrogens with two attached hydrogens (primary N) is 1. The van der Waals surface area contributed by atoms with E-state index in [4.69, 9.17) is 5.73 Å². The van der Waals surface area contributed by atoms with Crippen LogP contribution in [0, 0.1) is 12.8 Å². The third-order valence-corrected chi connectivity index (χ3v) is 4.37. The van der Waals surface area contributed by atoms with E-state index in [1.54, 1.807) is 0 Å². The second-order valence-corrected chi connectivity index (χ2v) is 6.23. The van der Waals surface area contributed by atoms with Gasteiger partial charge in [-0.3, -0.25) is 4.90 Å². The molecule has 1 atom stereocenters. The molecule has 23 heavy (non-hydrogen) atoms. The van der Waals surface area contributed by atoms with Gasteiger partial charge in [0, 0.05) is 24.2 Å². The molecule has 0 saturated carbocycles. The Kier molecular flexibility index (Phi) is 4.71. The van der Waals surface area contributed by atoms with Gasteiger partial charge in [-0.25, -0.2) is 14.8 Å². The zero-order valence-electron chi connectivity index (χ0n) is 13.5. The van der Waals surface area contributed by atoms with E-state index in [0.29, 0.717) is 12.5 Å². The van der Waals surface area contributed by atoms with Crippen LogP contribution in [0.3, 0.4) is 0 Å². The van der Waals surface area contributed by atoms with Crippen LogP contribution in [0.15, 0.2) is 24.3 Å². The van der Waals surface area contributed by atoms with Crippen LogP contribution in [-0.2, 0) is 6.54 Å². The summed E-state index contributed by atoms with van der Waals surface area (Å²) in [6.07, 6.45) is 2.24. The van der Waals surface area contributed by atoms with E-state index in [1.165, 1.54) is 0 Å². The fourth-order valence-corrected chi connectivity index (χ4v) is 3.27. The van der Waals surface area contributed by atoms with E-state index < -0.39 is 6.03 Å². The van der Waals surface area contributed by atoms with E-state index in [0.717, 1.165) is 54.9 Å². The van der Waals surface area contributed by atoms with Gasteiger partial charge in [0.1, 0.15) is 5.82 Å². The lowest BCUT2D eigenvalue weighted by molar-refractivity contribution is 0.162. The van der Waals surface area contributed by atoms with Crippen molar-refractivity contribution in [1.29, 1.82) is 0 Å². The molecule has 0 spiro atoms. The number of aryl methyl sites for hydroxylation is 1. The zero-order chi connectivity index (χ0) is 16.2. The standard InChI is InChI=1S/C17H23N5O/c1-12-14-6-2-3-7-15(14)21-16(20-12)11-22-8-4-5-13(10-22)9-19-17(18)23/h2-3,6-7,13H,4-5,8-11H2,1H3,(H3,18,19,23). The minimum Gasteiger partial charge on any atom is -0.352 e. The van der Waals surface area contributed by atoms with Gasteiger partial charge in [0.25, 0.3) is 0 Å². The van der Waals surface area contributed by atoms with Crippen molar-refractivity contribution in [2.24, 2.45) is 11.7 Å². The molecule has 2 heterocycles. The molecule has 2 aromatic rings. The molecule has 1 aliphatic heterocycles. The lowest BCUT2D eigenvalue weighted by Crippen LogP contribution is -2.42. The van der Waals surface area contributed by atoms with Crippen LogP contribution >= 0.6 is 0 Å². The highest BCUT2D eigenvalue weighted by Crippen LogP contribution is 2.19. The van der Waals surface area contributed by atoms with Crippen molar-refractivity contribution in [3.05, 3.63) is 35.8 Å². The van der Waals surface area contributed by atoms with E-state index in [1.807, 2.05) is 25.1 Å². The summed E-state index contributed by atoms with van der Waals surface area (Å²) >= 11 is 0. The minimum absolute atomic E-state index is 0.442. The first-order valence-electron chi connectivity index (χ1n) is 8.10. The van der Waals surface area contributed by atoms with Gasteiger partial charge in [0.05, 0.1) is 12.1 Å². The summed E-state index contributed by atoms with van der Waals surface area (Å²) in [6, 6.07) is 7.66. The maximum atomic E-state index is 10.9. The Morgan fingerprint density at radius 1 is 1.39 bits per heavy atom. The predicted octanol–water partition coefficient (Wildman–Crippen LogP) is 1.82. The molecule has 3 rings (SSSR count). The van der Waals surface area contributed by atoms with Crippen molar-refractivity contribution < 1.29 is 4.79 Å². The molecular weight excluding hydrogens is 290 g/mol. The number of hydrogen-bond acceptors (Lipinski definition) is 4. The average Bonchev–Trinajstić information content (AvgIpc) is 2.53. The molecule has 6 nitrogen and oxygen atoms in total. The number of carbonyl (C=O) groups is 1. The van der Waals surface area contributed by atoms with Crippen molar-refractivity contribution in [1.82, 2.24) is 20.2 Å². The zero-order valence-corrected chi connectivity index (χ0v) is 13.5. The van der Waals surface area contributed by atoms with E-state index in [9.17, 15) is 4.79 Å². The number of nitrogens with one attached hydrogen (secondary N) is 1. The SMILES string of the molecule is Cc1nc(CN2CCCC(CNC(N)=O)C2)nc2ccccc12. The van der Waals surface area contributed by atoms with Crippen LogP contribution in [0.5, 0.6) is 0 Å². The molecular formula is C17H23N5O. The number of urea groups is 1. The highest BCUT2D eigenvalue weighted by molar-refractivity contribution is 5.80. The number of nitrogens with zero attached hydrogens (tertiary/aromatic N) is 3. The molecule has 1 aromatic heterocycles. The van der Waals surface area contributed by atoms with Crippen LogP contribution < -0.4 is 11.1 Å². The van der Waals surface area contributed by atoms with Gasteiger partial charge in [-0.2, -0.15) is 0 Å². The predicted molar refractivity (Wildman–Crippen MR) is 89.9 cm³/mol. The molecule has 1 unspecified atom stereocenters. The lowest BCUT2D eigenvalue weighted by Gasteiger charge is -2.32. The molecule has 1 saturated heterocycles. The summed E-state index contributed by atoms with van der Waals surface area (Å²) in [7, 11) is 0. The number of amides is 2. The Bertz CT molecular complexity index is 702. The van der Waals surface area contributed by atoms with Gasteiger partial charge in [0.15, 0.2) is 0 Å². The van der Waals surface area contributed by atoms with Gasteiger partial charge < -0.3 is 11.1 Å². The molecule has 2 amide bonds. The van der Waals surface area contributed by atoms with Gasteiger partial charge in [-0.05, 0) is 38.3 Å². The molecule has 0 aliphatic carbocycles. The highest BCUT2D eigenvalue weighted by Gasteiger charge is 2.21. The van der Waals surface area contributed by atoms with Crippen LogP contribution in [0.4, 0.5) is 4.79 Å². The van der Waals surface area contributed by atoms with Crippen LogP contribution in [0.25, 0.3) is 10.9 Å². The Balaban J connectivity index is 1.68. The fourth-order valence-electron chi connectivity index (χ4n) is 3.27. The molecule has 0 bridgehead atoms. The normalized spacial score (nSPS) is 18.9. The quantitative estimate of drug-likeness (QED) is 0.902. The number of benzene rings is 1. The van der Waals surface area contributed by atoms with Crippen molar-refractivity contribution in [2.45, 2.75) is 26.3 Å². The van der Waals surface area contributed by atoms with Crippen molar-refractivity contribution >= 4 is 16.9 Å². The van der Waals surface area contributed by atoms with Gasteiger partial charge in [-0.1, -0.05) is 18.2 Å². The third-order valence-electron chi connectivity index (χ3n) is 4.37. The summed E-state index contributed by atoms with van der Waals surface area (Å²) in [5, 5.41) is 3.82. The largest absolute Gasteiger partial charge is 0.352 e. The monoisotopic (exact) mass is 313 g/mol. The Labute approximate surface area is 136 Å². The molecule has 1 aliphatic rings. The summed E-state index contributed by atoms with van der Waals surface area (Å²) < 4.78 is 0. The first-order chi connectivity index (χ1) is 11.1. The molecule has 1 aromatic carbocycles. The maximum absolute atomic E-state index is 10.9. The maximum Gasteiger partial charge on any atom is 0.312 e. The van der Waals surface area contributed by atoms with E-state index in [2.05, 4.69) is 26.3 Å². The van der Waals surface area contributed by atoms with Crippen LogP contribution in [0.1, 0.15) is 24.4 Å². The van der Waals surface area contributed by atoms with Crippen molar-refractivity contribution in [3.8, 4) is 0 Å². The van der Waals surface area contributed by atoms with Crippen LogP contribution in [-0.4, -0.2) is 40.5 Å². The van der Waals surface area contributed by atoms with E-state index >= 15 is 0 Å². The lowest BCUT2D eigenvalue weighted by atomic mass is 9.98. The number of carbonyl (C=O) groups excluding carboxylic acids is 1. The smallest absolute Gasteiger partial charge is 0.312 e. The summed E-state index contributed by atoms with van der Waals surface area (Å²) in [4.78, 5) is 22.6. The number of piperidine rings is 1. The second kappa shape index (κ2) is 6.91. The van der Waals surface area contributed by atoms with E-state index in [-0.39, 0.29) is 0 Å².